The minimum atomic E-state index is -0.432. The van der Waals surface area contributed by atoms with Crippen LogP contribution in [0, 0.1) is 0 Å². The lowest BCUT2D eigenvalue weighted by atomic mass is 10.2. The molecule has 0 radical (unpaired) electrons. The average Bonchev–Trinajstić information content (AvgIpc) is 2.99. The Balaban J connectivity index is 1.95. The number of amides is 1. The molecule has 5 heteroatoms. The molecule has 0 aromatic carbocycles. The van der Waals surface area contributed by atoms with E-state index in [9.17, 15) is 4.79 Å². The molecule has 2 rings (SSSR count). The number of carbonyl (C=O) groups is 1. The first kappa shape index (κ1) is 10.6. The molecule has 1 amide bonds. The van der Waals surface area contributed by atoms with Crippen LogP contribution in [0.15, 0.2) is 5.38 Å². The Morgan fingerprint density at radius 1 is 1.80 bits per heavy atom. The Hall–Kier alpha value is -0.940. The van der Waals surface area contributed by atoms with E-state index in [0.717, 1.165) is 5.69 Å². The minimum absolute atomic E-state index is 0.144. The van der Waals surface area contributed by atoms with Gasteiger partial charge in [-0.15, -0.1) is 11.3 Å². The van der Waals surface area contributed by atoms with Gasteiger partial charge in [0.2, 0.25) is 5.91 Å². The maximum atomic E-state index is 11.5. The van der Waals surface area contributed by atoms with E-state index in [4.69, 9.17) is 5.73 Å². The SMILES string of the molecule is CC[C@@H](N)C(=O)Nc1nc(C2CC2)cs1. The largest absolute Gasteiger partial charge is 0.320 e. The maximum absolute atomic E-state index is 11.5. The quantitative estimate of drug-likeness (QED) is 0.819. The number of carbonyl (C=O) groups excluding carboxylic acids is 1. The molecule has 4 nitrogen and oxygen atoms in total. The number of anilines is 1. The molecule has 0 saturated heterocycles. The van der Waals surface area contributed by atoms with Gasteiger partial charge in [-0.2, -0.15) is 0 Å². The van der Waals surface area contributed by atoms with E-state index in [1.807, 2.05) is 12.3 Å². The molecule has 0 bridgehead atoms. The second-order valence-electron chi connectivity index (χ2n) is 3.86. The molecule has 15 heavy (non-hydrogen) atoms. The summed E-state index contributed by atoms with van der Waals surface area (Å²) in [6, 6.07) is -0.432. The van der Waals surface area contributed by atoms with Gasteiger partial charge in [0.25, 0.3) is 0 Å². The van der Waals surface area contributed by atoms with Crippen molar-refractivity contribution < 1.29 is 4.79 Å². The van der Waals surface area contributed by atoms with Gasteiger partial charge in [0.1, 0.15) is 0 Å². The zero-order valence-electron chi connectivity index (χ0n) is 8.69. The van der Waals surface area contributed by atoms with E-state index in [1.54, 1.807) is 0 Å². The van der Waals surface area contributed by atoms with Crippen molar-refractivity contribution >= 4 is 22.4 Å². The number of nitrogens with one attached hydrogen (secondary N) is 1. The lowest BCUT2D eigenvalue weighted by Gasteiger charge is -2.06. The van der Waals surface area contributed by atoms with Gasteiger partial charge in [-0.1, -0.05) is 6.92 Å². The van der Waals surface area contributed by atoms with Gasteiger partial charge in [-0.05, 0) is 19.3 Å². The van der Waals surface area contributed by atoms with Crippen molar-refractivity contribution in [1.82, 2.24) is 4.98 Å². The Kier molecular flexibility index (Phi) is 3.02. The molecule has 0 spiro atoms. The zero-order valence-corrected chi connectivity index (χ0v) is 9.51. The van der Waals surface area contributed by atoms with Crippen LogP contribution < -0.4 is 11.1 Å². The predicted octanol–water partition coefficient (Wildman–Crippen LogP) is 1.70. The highest BCUT2D eigenvalue weighted by molar-refractivity contribution is 7.13. The normalized spacial score (nSPS) is 17.5. The molecule has 1 aliphatic rings. The van der Waals surface area contributed by atoms with Crippen LogP contribution in [0.2, 0.25) is 0 Å². The summed E-state index contributed by atoms with van der Waals surface area (Å²) in [6.07, 6.45) is 3.10. The van der Waals surface area contributed by atoms with Crippen molar-refractivity contribution in [3.63, 3.8) is 0 Å². The zero-order chi connectivity index (χ0) is 10.8. The number of hydrogen-bond acceptors (Lipinski definition) is 4. The van der Waals surface area contributed by atoms with Crippen LogP contribution in [0.5, 0.6) is 0 Å². The smallest absolute Gasteiger partial charge is 0.243 e. The van der Waals surface area contributed by atoms with Gasteiger partial charge in [-0.3, -0.25) is 4.79 Å². The van der Waals surface area contributed by atoms with Crippen LogP contribution >= 0.6 is 11.3 Å². The van der Waals surface area contributed by atoms with Crippen molar-refractivity contribution in [2.45, 2.75) is 38.1 Å². The number of aromatic nitrogens is 1. The van der Waals surface area contributed by atoms with E-state index in [1.165, 1.54) is 24.2 Å². The van der Waals surface area contributed by atoms with E-state index in [0.29, 0.717) is 17.5 Å². The number of nitrogens with zero attached hydrogens (tertiary/aromatic N) is 1. The molecule has 1 fully saturated rings. The number of thiazole rings is 1. The fourth-order valence-electron chi connectivity index (χ4n) is 1.29. The topological polar surface area (TPSA) is 68.0 Å². The highest BCUT2D eigenvalue weighted by Gasteiger charge is 2.26. The van der Waals surface area contributed by atoms with Crippen LogP contribution in [-0.4, -0.2) is 16.9 Å². The fourth-order valence-corrected chi connectivity index (χ4v) is 2.09. The van der Waals surface area contributed by atoms with Crippen molar-refractivity contribution in [1.29, 1.82) is 0 Å². The van der Waals surface area contributed by atoms with E-state index in [2.05, 4.69) is 10.3 Å². The second kappa shape index (κ2) is 4.28. The fraction of sp³-hybridized carbons (Fsp3) is 0.600. The Labute approximate surface area is 92.9 Å². The first-order valence-electron chi connectivity index (χ1n) is 5.22. The summed E-state index contributed by atoms with van der Waals surface area (Å²) >= 11 is 1.48. The molecule has 0 unspecified atom stereocenters. The molecular weight excluding hydrogens is 210 g/mol. The average molecular weight is 225 g/mol. The molecule has 0 aliphatic heterocycles. The summed E-state index contributed by atoms with van der Waals surface area (Å²) in [6.45, 7) is 1.89. The highest BCUT2D eigenvalue weighted by atomic mass is 32.1. The summed E-state index contributed by atoms with van der Waals surface area (Å²) in [5.41, 5.74) is 6.72. The molecule has 1 heterocycles. The monoisotopic (exact) mass is 225 g/mol. The van der Waals surface area contributed by atoms with Crippen LogP contribution in [0.1, 0.15) is 37.8 Å². The highest BCUT2D eigenvalue weighted by Crippen LogP contribution is 2.40. The molecule has 1 saturated carbocycles. The van der Waals surface area contributed by atoms with Gasteiger partial charge in [0, 0.05) is 11.3 Å². The van der Waals surface area contributed by atoms with Gasteiger partial charge in [0.15, 0.2) is 5.13 Å². The Bertz CT molecular complexity index is 359. The summed E-state index contributed by atoms with van der Waals surface area (Å²) in [5, 5.41) is 5.43. The van der Waals surface area contributed by atoms with E-state index in [-0.39, 0.29) is 5.91 Å². The van der Waals surface area contributed by atoms with Crippen LogP contribution in [0.3, 0.4) is 0 Å². The summed E-state index contributed by atoms with van der Waals surface area (Å²) < 4.78 is 0. The van der Waals surface area contributed by atoms with Gasteiger partial charge < -0.3 is 11.1 Å². The Morgan fingerprint density at radius 3 is 3.13 bits per heavy atom. The number of hydrogen-bond donors (Lipinski definition) is 2. The van der Waals surface area contributed by atoms with E-state index >= 15 is 0 Å². The van der Waals surface area contributed by atoms with Gasteiger partial charge >= 0.3 is 0 Å². The second-order valence-corrected chi connectivity index (χ2v) is 4.71. The third-order valence-corrected chi connectivity index (χ3v) is 3.30. The minimum Gasteiger partial charge on any atom is -0.320 e. The maximum Gasteiger partial charge on any atom is 0.243 e. The van der Waals surface area contributed by atoms with Crippen LogP contribution in [-0.2, 0) is 4.79 Å². The summed E-state index contributed by atoms with van der Waals surface area (Å²) in [4.78, 5) is 15.8. The first-order chi connectivity index (χ1) is 7.20. The number of rotatable bonds is 4. The standard InChI is InChI=1S/C10H15N3OS/c1-2-7(11)9(14)13-10-12-8(5-15-10)6-3-4-6/h5-7H,2-4,11H2,1H3,(H,12,13,14)/t7-/m1/s1. The third kappa shape index (κ3) is 2.54. The lowest BCUT2D eigenvalue weighted by Crippen LogP contribution is -2.34. The van der Waals surface area contributed by atoms with Crippen LogP contribution in [0.4, 0.5) is 5.13 Å². The van der Waals surface area contributed by atoms with Crippen molar-refractivity contribution in [3.05, 3.63) is 11.1 Å². The Morgan fingerprint density at radius 2 is 2.53 bits per heavy atom. The molecule has 1 aromatic heterocycles. The van der Waals surface area contributed by atoms with Gasteiger partial charge in [0.05, 0.1) is 11.7 Å². The molecule has 1 atom stereocenters. The van der Waals surface area contributed by atoms with Crippen molar-refractivity contribution in [2.24, 2.45) is 5.73 Å². The first-order valence-corrected chi connectivity index (χ1v) is 6.10. The molecule has 3 N–H and O–H groups in total. The molecular formula is C10H15N3OS. The molecule has 1 aromatic rings. The lowest BCUT2D eigenvalue weighted by molar-refractivity contribution is -0.117. The van der Waals surface area contributed by atoms with E-state index < -0.39 is 6.04 Å². The number of nitrogens with two attached hydrogens (primary N) is 1. The van der Waals surface area contributed by atoms with Crippen molar-refractivity contribution in [3.8, 4) is 0 Å². The third-order valence-electron chi connectivity index (χ3n) is 2.52. The van der Waals surface area contributed by atoms with Gasteiger partial charge in [-0.25, -0.2) is 4.98 Å². The molecule has 1 aliphatic carbocycles. The molecule has 82 valence electrons. The van der Waals surface area contributed by atoms with Crippen molar-refractivity contribution in [2.75, 3.05) is 5.32 Å². The summed E-state index contributed by atoms with van der Waals surface area (Å²) in [7, 11) is 0. The van der Waals surface area contributed by atoms with Crippen LogP contribution in [0.25, 0.3) is 0 Å². The predicted molar refractivity (Wildman–Crippen MR) is 61.0 cm³/mol. The summed E-state index contributed by atoms with van der Waals surface area (Å²) in [5.74, 6) is 0.487.